The van der Waals surface area contributed by atoms with Crippen LogP contribution in [0.25, 0.3) is 11.1 Å². The van der Waals surface area contributed by atoms with E-state index in [0.29, 0.717) is 6.07 Å². The Morgan fingerprint density at radius 1 is 0.913 bits per heavy atom. The van der Waals surface area contributed by atoms with E-state index in [-0.39, 0.29) is 16.8 Å². The molecule has 0 aliphatic carbocycles. The van der Waals surface area contributed by atoms with E-state index in [1.165, 1.54) is 24.3 Å². The van der Waals surface area contributed by atoms with Crippen LogP contribution >= 0.6 is 0 Å². The van der Waals surface area contributed by atoms with Gasteiger partial charge in [0.1, 0.15) is 0 Å². The van der Waals surface area contributed by atoms with E-state index < -0.39 is 33.4 Å². The monoisotopic (exact) mass is 351 g/mol. The van der Waals surface area contributed by atoms with Gasteiger partial charge in [0.05, 0.1) is 11.8 Å². The number of rotatable bonds is 3. The van der Waals surface area contributed by atoms with Gasteiger partial charge in [-0.05, 0) is 23.8 Å². The first-order chi connectivity index (χ1) is 10.5. The Kier molecular flexibility index (Phi) is 4.34. The highest BCUT2D eigenvalue weighted by Crippen LogP contribution is 2.35. The van der Waals surface area contributed by atoms with Gasteiger partial charge in [-0.15, -0.1) is 0 Å². The van der Waals surface area contributed by atoms with Gasteiger partial charge in [-0.25, -0.2) is 17.2 Å². The Morgan fingerprint density at radius 3 is 1.96 bits per heavy atom. The first-order valence-corrected chi connectivity index (χ1v) is 8.01. The molecule has 0 aliphatic heterocycles. The lowest BCUT2D eigenvalue weighted by Crippen LogP contribution is -2.10. The molecule has 1 N–H and O–H groups in total. The standard InChI is InChI=1S/C14H10F5NO2S/c1-23(21,22)20-9-4-2-8(3-5-9)10-6-7-11(14(17,18)19)13(16)12(10)15/h2-7,20H,1H3. The maximum Gasteiger partial charge on any atom is 0.419 e. The zero-order valence-electron chi connectivity index (χ0n) is 11.6. The topological polar surface area (TPSA) is 46.2 Å². The van der Waals surface area contributed by atoms with E-state index in [4.69, 9.17) is 0 Å². The second kappa shape index (κ2) is 5.80. The van der Waals surface area contributed by atoms with Crippen molar-refractivity contribution >= 4 is 15.7 Å². The molecule has 0 unspecified atom stereocenters. The normalized spacial score (nSPS) is 12.3. The first-order valence-electron chi connectivity index (χ1n) is 6.12. The van der Waals surface area contributed by atoms with E-state index in [0.717, 1.165) is 12.3 Å². The molecule has 0 amide bonds. The highest BCUT2D eigenvalue weighted by molar-refractivity contribution is 7.92. The van der Waals surface area contributed by atoms with Gasteiger partial charge in [-0.1, -0.05) is 18.2 Å². The largest absolute Gasteiger partial charge is 0.419 e. The molecule has 0 spiro atoms. The number of halogens is 5. The fourth-order valence-electron chi connectivity index (χ4n) is 1.92. The predicted octanol–water partition coefficient (Wildman–Crippen LogP) is 4.02. The summed E-state index contributed by atoms with van der Waals surface area (Å²) in [6.07, 6.45) is -4.06. The second-order valence-corrected chi connectivity index (χ2v) is 6.49. The Bertz CT molecular complexity index is 829. The third-order valence-corrected chi connectivity index (χ3v) is 3.49. The van der Waals surface area contributed by atoms with Gasteiger partial charge >= 0.3 is 6.18 Å². The summed E-state index contributed by atoms with van der Waals surface area (Å²) in [6, 6.07) is 6.37. The summed E-state index contributed by atoms with van der Waals surface area (Å²) in [5.41, 5.74) is -1.76. The van der Waals surface area contributed by atoms with Crippen molar-refractivity contribution in [1.82, 2.24) is 0 Å². The number of hydrogen-bond donors (Lipinski definition) is 1. The smallest absolute Gasteiger partial charge is 0.284 e. The summed E-state index contributed by atoms with van der Waals surface area (Å²) in [6.45, 7) is 0. The molecule has 2 aromatic rings. The van der Waals surface area contributed by atoms with Crippen molar-refractivity contribution < 1.29 is 30.4 Å². The lowest BCUT2D eigenvalue weighted by molar-refractivity contribution is -0.140. The molecular formula is C14H10F5NO2S. The molecule has 23 heavy (non-hydrogen) atoms. The zero-order chi connectivity index (χ0) is 17.4. The summed E-state index contributed by atoms with van der Waals surface area (Å²) in [5.74, 6) is -3.60. The SMILES string of the molecule is CS(=O)(=O)Nc1ccc(-c2ccc(C(F)(F)F)c(F)c2F)cc1. The van der Waals surface area contributed by atoms with E-state index in [1.54, 1.807) is 0 Å². The molecule has 0 aromatic heterocycles. The number of sulfonamides is 1. The molecule has 2 aromatic carbocycles. The van der Waals surface area contributed by atoms with Crippen molar-refractivity contribution in [3.8, 4) is 11.1 Å². The van der Waals surface area contributed by atoms with Gasteiger partial charge in [-0.3, -0.25) is 4.72 Å². The number of anilines is 1. The van der Waals surface area contributed by atoms with Gasteiger partial charge in [0.25, 0.3) is 0 Å². The average molecular weight is 351 g/mol. The minimum Gasteiger partial charge on any atom is -0.284 e. The van der Waals surface area contributed by atoms with Crippen molar-refractivity contribution in [2.24, 2.45) is 0 Å². The molecule has 2 rings (SSSR count). The summed E-state index contributed by atoms with van der Waals surface area (Å²) >= 11 is 0. The molecule has 0 saturated heterocycles. The fraction of sp³-hybridized carbons (Fsp3) is 0.143. The van der Waals surface area contributed by atoms with Gasteiger partial charge in [0, 0.05) is 11.3 Å². The van der Waals surface area contributed by atoms with E-state index in [1.807, 2.05) is 0 Å². The van der Waals surface area contributed by atoms with Gasteiger partial charge < -0.3 is 0 Å². The van der Waals surface area contributed by atoms with Crippen LogP contribution in [-0.2, 0) is 16.2 Å². The molecule has 0 bridgehead atoms. The summed E-state index contributed by atoms with van der Waals surface area (Å²) in [7, 11) is -3.50. The summed E-state index contributed by atoms with van der Waals surface area (Å²) in [4.78, 5) is 0. The molecule has 0 heterocycles. The van der Waals surface area contributed by atoms with Gasteiger partial charge in [-0.2, -0.15) is 13.2 Å². The molecule has 0 saturated carbocycles. The molecule has 124 valence electrons. The second-order valence-electron chi connectivity index (χ2n) is 4.74. The first kappa shape index (κ1) is 17.2. The van der Waals surface area contributed by atoms with E-state index in [2.05, 4.69) is 4.72 Å². The summed E-state index contributed by atoms with van der Waals surface area (Å²) < 4.78 is 89.2. The van der Waals surface area contributed by atoms with Crippen LogP contribution < -0.4 is 4.72 Å². The number of benzene rings is 2. The Balaban J connectivity index is 2.42. The van der Waals surface area contributed by atoms with Crippen molar-refractivity contribution in [1.29, 1.82) is 0 Å². The number of nitrogens with one attached hydrogen (secondary N) is 1. The number of hydrogen-bond acceptors (Lipinski definition) is 2. The molecule has 3 nitrogen and oxygen atoms in total. The lowest BCUT2D eigenvalue weighted by Gasteiger charge is -2.11. The van der Waals surface area contributed by atoms with Crippen LogP contribution in [0.2, 0.25) is 0 Å². The zero-order valence-corrected chi connectivity index (χ0v) is 12.4. The Hall–Kier alpha value is -2.16. The van der Waals surface area contributed by atoms with E-state index in [9.17, 15) is 30.4 Å². The van der Waals surface area contributed by atoms with Crippen LogP contribution in [0.4, 0.5) is 27.6 Å². The lowest BCUT2D eigenvalue weighted by atomic mass is 10.0. The van der Waals surface area contributed by atoms with Crippen molar-refractivity contribution in [3.05, 3.63) is 53.6 Å². The molecular weight excluding hydrogens is 341 g/mol. The van der Waals surface area contributed by atoms with Crippen molar-refractivity contribution in [2.75, 3.05) is 11.0 Å². The highest BCUT2D eigenvalue weighted by Gasteiger charge is 2.36. The molecule has 9 heteroatoms. The van der Waals surface area contributed by atoms with Crippen LogP contribution in [0.15, 0.2) is 36.4 Å². The van der Waals surface area contributed by atoms with Gasteiger partial charge in [0.2, 0.25) is 10.0 Å². The molecule has 0 fully saturated rings. The van der Waals surface area contributed by atoms with E-state index >= 15 is 0 Å². The molecule has 0 atom stereocenters. The van der Waals surface area contributed by atoms with Crippen LogP contribution in [0.3, 0.4) is 0 Å². The van der Waals surface area contributed by atoms with Crippen molar-refractivity contribution in [3.63, 3.8) is 0 Å². The Labute approximate surface area is 128 Å². The van der Waals surface area contributed by atoms with Gasteiger partial charge in [0.15, 0.2) is 11.6 Å². The average Bonchev–Trinajstić information content (AvgIpc) is 2.40. The predicted molar refractivity (Wildman–Crippen MR) is 75.3 cm³/mol. The minimum absolute atomic E-state index is 0.106. The third-order valence-electron chi connectivity index (χ3n) is 2.89. The highest BCUT2D eigenvalue weighted by atomic mass is 32.2. The van der Waals surface area contributed by atoms with Crippen molar-refractivity contribution in [2.45, 2.75) is 6.18 Å². The van der Waals surface area contributed by atoms with Crippen LogP contribution in [0.5, 0.6) is 0 Å². The van der Waals surface area contributed by atoms with Crippen LogP contribution in [0, 0.1) is 11.6 Å². The number of alkyl halides is 3. The summed E-state index contributed by atoms with van der Waals surface area (Å²) in [5, 5.41) is 0. The van der Waals surface area contributed by atoms with Crippen LogP contribution in [0.1, 0.15) is 5.56 Å². The maximum atomic E-state index is 13.9. The fourth-order valence-corrected chi connectivity index (χ4v) is 2.49. The quantitative estimate of drug-likeness (QED) is 0.849. The molecule has 0 radical (unpaired) electrons. The van der Waals surface area contributed by atoms with Crippen LogP contribution in [-0.4, -0.2) is 14.7 Å². The Morgan fingerprint density at radius 2 is 1.48 bits per heavy atom. The maximum absolute atomic E-state index is 13.9. The molecule has 0 aliphatic rings. The minimum atomic E-state index is -4.99. The third kappa shape index (κ3) is 3.98.